The second-order valence-corrected chi connectivity index (χ2v) is 7.42. The molecule has 2 atom stereocenters. The summed E-state index contributed by atoms with van der Waals surface area (Å²) in [6.45, 7) is 0. The SMILES string of the molecule is O=C(CCCc1ncc(-c2ccccc2)o1)NNC(=O)C1CC(c2ccccc2)NN1. The van der Waals surface area contributed by atoms with Gasteiger partial charge in [0.25, 0.3) is 5.91 Å². The van der Waals surface area contributed by atoms with Gasteiger partial charge in [0.2, 0.25) is 5.91 Å². The van der Waals surface area contributed by atoms with Crippen LogP contribution in [-0.4, -0.2) is 22.8 Å². The molecule has 1 aliphatic heterocycles. The maximum Gasteiger partial charge on any atom is 0.256 e. The summed E-state index contributed by atoms with van der Waals surface area (Å²) in [6.07, 6.45) is 3.65. The number of rotatable bonds is 7. The van der Waals surface area contributed by atoms with Crippen molar-refractivity contribution in [2.24, 2.45) is 0 Å². The van der Waals surface area contributed by atoms with E-state index >= 15 is 0 Å². The number of amides is 2. The zero-order valence-corrected chi connectivity index (χ0v) is 17.0. The third kappa shape index (κ3) is 5.56. The van der Waals surface area contributed by atoms with Gasteiger partial charge in [-0.1, -0.05) is 60.7 Å². The van der Waals surface area contributed by atoms with Crippen molar-refractivity contribution in [2.45, 2.75) is 37.8 Å². The minimum Gasteiger partial charge on any atom is -0.441 e. The fourth-order valence-corrected chi connectivity index (χ4v) is 3.47. The van der Waals surface area contributed by atoms with Crippen LogP contribution in [0.1, 0.15) is 36.8 Å². The molecule has 31 heavy (non-hydrogen) atoms. The Labute approximate surface area is 180 Å². The van der Waals surface area contributed by atoms with Crippen LogP contribution in [0.5, 0.6) is 0 Å². The number of oxazole rings is 1. The number of aryl methyl sites for hydroxylation is 1. The van der Waals surface area contributed by atoms with Gasteiger partial charge in [0, 0.05) is 24.4 Å². The van der Waals surface area contributed by atoms with Crippen molar-refractivity contribution in [3.63, 3.8) is 0 Å². The molecule has 3 aromatic rings. The average Bonchev–Trinajstić information content (AvgIpc) is 3.49. The third-order valence-electron chi connectivity index (χ3n) is 5.15. The lowest BCUT2D eigenvalue weighted by atomic mass is 10.0. The fourth-order valence-electron chi connectivity index (χ4n) is 3.47. The van der Waals surface area contributed by atoms with E-state index in [0.29, 0.717) is 30.9 Å². The number of nitrogens with zero attached hydrogens (tertiary/aromatic N) is 1. The molecule has 0 aliphatic carbocycles. The van der Waals surface area contributed by atoms with Crippen molar-refractivity contribution >= 4 is 11.8 Å². The first-order chi connectivity index (χ1) is 15.2. The molecule has 1 fully saturated rings. The topological polar surface area (TPSA) is 108 Å². The van der Waals surface area contributed by atoms with Crippen LogP contribution < -0.4 is 21.7 Å². The van der Waals surface area contributed by atoms with E-state index in [4.69, 9.17) is 4.42 Å². The summed E-state index contributed by atoms with van der Waals surface area (Å²) in [5.41, 5.74) is 13.1. The summed E-state index contributed by atoms with van der Waals surface area (Å²) >= 11 is 0. The van der Waals surface area contributed by atoms with Gasteiger partial charge in [0.05, 0.1) is 6.20 Å². The molecule has 2 unspecified atom stereocenters. The third-order valence-corrected chi connectivity index (χ3v) is 5.15. The highest BCUT2D eigenvalue weighted by atomic mass is 16.4. The number of carbonyl (C=O) groups excluding carboxylic acids is 2. The van der Waals surface area contributed by atoms with E-state index in [0.717, 1.165) is 11.1 Å². The molecule has 8 nitrogen and oxygen atoms in total. The average molecular weight is 419 g/mol. The number of nitrogens with one attached hydrogen (secondary N) is 4. The zero-order valence-electron chi connectivity index (χ0n) is 17.0. The second-order valence-electron chi connectivity index (χ2n) is 7.42. The Morgan fingerprint density at radius 1 is 1.00 bits per heavy atom. The lowest BCUT2D eigenvalue weighted by Gasteiger charge is -2.11. The molecule has 2 heterocycles. The highest BCUT2D eigenvalue weighted by Gasteiger charge is 2.30. The van der Waals surface area contributed by atoms with Crippen molar-refractivity contribution in [3.05, 3.63) is 78.3 Å². The number of aromatic nitrogens is 1. The van der Waals surface area contributed by atoms with Gasteiger partial charge in [-0.25, -0.2) is 15.8 Å². The van der Waals surface area contributed by atoms with Gasteiger partial charge in [-0.05, 0) is 18.4 Å². The smallest absolute Gasteiger partial charge is 0.256 e. The highest BCUT2D eigenvalue weighted by Crippen LogP contribution is 2.22. The first kappa shape index (κ1) is 20.8. The normalized spacial score (nSPS) is 17.9. The molecule has 2 aromatic carbocycles. The van der Waals surface area contributed by atoms with E-state index in [1.54, 1.807) is 6.20 Å². The summed E-state index contributed by atoms with van der Waals surface area (Å²) < 4.78 is 5.74. The number of hydrazine groups is 2. The van der Waals surface area contributed by atoms with Gasteiger partial charge >= 0.3 is 0 Å². The Kier molecular flexibility index (Phi) is 6.71. The van der Waals surface area contributed by atoms with Crippen LogP contribution in [0.15, 0.2) is 71.3 Å². The quantitative estimate of drug-likeness (QED) is 0.438. The van der Waals surface area contributed by atoms with Crippen molar-refractivity contribution in [3.8, 4) is 11.3 Å². The van der Waals surface area contributed by atoms with E-state index in [9.17, 15) is 9.59 Å². The molecule has 160 valence electrons. The Morgan fingerprint density at radius 2 is 1.74 bits per heavy atom. The van der Waals surface area contributed by atoms with Crippen LogP contribution >= 0.6 is 0 Å². The molecule has 8 heteroatoms. The van der Waals surface area contributed by atoms with Crippen LogP contribution in [0.3, 0.4) is 0 Å². The van der Waals surface area contributed by atoms with Crippen molar-refractivity contribution in [1.29, 1.82) is 0 Å². The first-order valence-corrected chi connectivity index (χ1v) is 10.3. The molecular weight excluding hydrogens is 394 g/mol. The number of hydrogen-bond donors (Lipinski definition) is 4. The van der Waals surface area contributed by atoms with Crippen molar-refractivity contribution < 1.29 is 14.0 Å². The fraction of sp³-hybridized carbons (Fsp3) is 0.261. The lowest BCUT2D eigenvalue weighted by molar-refractivity contribution is -0.130. The summed E-state index contributed by atoms with van der Waals surface area (Å²) in [6, 6.07) is 19.3. The predicted molar refractivity (Wildman–Crippen MR) is 115 cm³/mol. The summed E-state index contributed by atoms with van der Waals surface area (Å²) in [5, 5.41) is 0. The van der Waals surface area contributed by atoms with Crippen molar-refractivity contribution in [2.75, 3.05) is 0 Å². The summed E-state index contributed by atoms with van der Waals surface area (Å²) in [5.74, 6) is 0.760. The van der Waals surface area contributed by atoms with Crippen LogP contribution in [-0.2, 0) is 16.0 Å². The molecule has 1 saturated heterocycles. The van der Waals surface area contributed by atoms with Gasteiger partial charge in [-0.3, -0.25) is 20.4 Å². The predicted octanol–water partition coefficient (Wildman–Crippen LogP) is 2.42. The summed E-state index contributed by atoms with van der Waals surface area (Å²) in [7, 11) is 0. The van der Waals surface area contributed by atoms with Crippen LogP contribution in [0.2, 0.25) is 0 Å². The standard InChI is InChI=1S/C23H25N5O3/c29-21(12-7-13-22-24-15-20(31-22)17-10-5-2-6-11-17)27-28-23(30)19-14-18(25-26-19)16-8-3-1-4-9-16/h1-6,8-11,15,18-19,25-26H,7,12-14H2,(H,27,29)(H,28,30). The molecule has 4 rings (SSSR count). The second kappa shape index (κ2) is 10.0. The van der Waals surface area contributed by atoms with Crippen LogP contribution in [0, 0.1) is 0 Å². The Hall–Kier alpha value is -3.49. The number of hydrogen-bond acceptors (Lipinski definition) is 6. The van der Waals surface area contributed by atoms with E-state index in [1.165, 1.54) is 0 Å². The molecule has 0 radical (unpaired) electrons. The Morgan fingerprint density at radius 3 is 2.52 bits per heavy atom. The van der Waals surface area contributed by atoms with Gasteiger partial charge in [-0.15, -0.1) is 0 Å². The molecule has 0 spiro atoms. The minimum atomic E-state index is -0.422. The summed E-state index contributed by atoms with van der Waals surface area (Å²) in [4.78, 5) is 28.6. The number of benzene rings is 2. The van der Waals surface area contributed by atoms with Gasteiger partial charge in [0.1, 0.15) is 6.04 Å². The van der Waals surface area contributed by atoms with E-state index in [-0.39, 0.29) is 24.3 Å². The first-order valence-electron chi connectivity index (χ1n) is 10.3. The molecule has 0 bridgehead atoms. The molecule has 2 amide bonds. The Bertz CT molecular complexity index is 1010. The molecule has 0 saturated carbocycles. The van der Waals surface area contributed by atoms with E-state index in [1.807, 2.05) is 60.7 Å². The molecular formula is C23H25N5O3. The Balaban J connectivity index is 1.16. The van der Waals surface area contributed by atoms with Gasteiger partial charge < -0.3 is 4.42 Å². The molecule has 4 N–H and O–H groups in total. The van der Waals surface area contributed by atoms with Crippen molar-refractivity contribution in [1.82, 2.24) is 26.7 Å². The highest BCUT2D eigenvalue weighted by molar-refractivity contribution is 5.85. The molecule has 1 aliphatic rings. The van der Waals surface area contributed by atoms with Gasteiger partial charge in [0.15, 0.2) is 11.7 Å². The maximum atomic E-state index is 12.3. The van der Waals surface area contributed by atoms with E-state index in [2.05, 4.69) is 26.7 Å². The van der Waals surface area contributed by atoms with Gasteiger partial charge in [-0.2, -0.15) is 0 Å². The lowest BCUT2D eigenvalue weighted by Crippen LogP contribution is -2.50. The minimum absolute atomic E-state index is 0.0502. The maximum absolute atomic E-state index is 12.3. The zero-order chi connectivity index (χ0) is 21.5. The molecule has 1 aromatic heterocycles. The van der Waals surface area contributed by atoms with Crippen LogP contribution in [0.25, 0.3) is 11.3 Å². The van der Waals surface area contributed by atoms with Crippen LogP contribution in [0.4, 0.5) is 0 Å². The largest absolute Gasteiger partial charge is 0.441 e. The number of carbonyl (C=O) groups is 2. The van der Waals surface area contributed by atoms with E-state index < -0.39 is 6.04 Å². The monoisotopic (exact) mass is 419 g/mol.